The van der Waals surface area contributed by atoms with Crippen molar-refractivity contribution in [3.63, 3.8) is 0 Å². The summed E-state index contributed by atoms with van der Waals surface area (Å²) in [6.07, 6.45) is 2.97. The number of pyridine rings is 1. The van der Waals surface area contributed by atoms with Crippen molar-refractivity contribution in [1.82, 2.24) is 4.98 Å². The first kappa shape index (κ1) is 11.5. The minimum atomic E-state index is 0.321. The van der Waals surface area contributed by atoms with E-state index >= 15 is 0 Å². The van der Waals surface area contributed by atoms with Gasteiger partial charge in [0.05, 0.1) is 0 Å². The van der Waals surface area contributed by atoms with Crippen molar-refractivity contribution < 1.29 is 0 Å². The number of rotatable bonds is 3. The van der Waals surface area contributed by atoms with Gasteiger partial charge in [-0.05, 0) is 42.3 Å². The van der Waals surface area contributed by atoms with Crippen LogP contribution in [0.3, 0.4) is 0 Å². The quantitative estimate of drug-likeness (QED) is 0.889. The molecule has 0 bridgehead atoms. The lowest BCUT2D eigenvalue weighted by atomic mass is 10.2. The van der Waals surface area contributed by atoms with Crippen molar-refractivity contribution in [3.05, 3.63) is 53.2 Å². The van der Waals surface area contributed by atoms with Crippen LogP contribution in [0.4, 0.5) is 11.5 Å². The average molecular weight is 260 g/mol. The number of benzene rings is 1. The molecule has 2 aromatic rings. The summed E-state index contributed by atoms with van der Waals surface area (Å²) in [6.45, 7) is 0. The maximum absolute atomic E-state index is 5.84. The molecule has 4 heteroatoms. The fourth-order valence-corrected chi connectivity index (χ4v) is 2.10. The van der Waals surface area contributed by atoms with Crippen molar-refractivity contribution in [3.8, 4) is 0 Å². The number of nitrogens with two attached hydrogens (primary N) is 1. The largest absolute Gasteiger partial charge is 0.340 e. The summed E-state index contributed by atoms with van der Waals surface area (Å²) in [5.41, 5.74) is 8.02. The molecule has 0 spiro atoms. The van der Waals surface area contributed by atoms with Gasteiger partial charge in [-0.3, -0.25) is 0 Å². The van der Waals surface area contributed by atoms with Gasteiger partial charge in [-0.1, -0.05) is 17.7 Å². The second-order valence-corrected chi connectivity index (χ2v) is 5.05. The Morgan fingerprint density at radius 2 is 1.89 bits per heavy atom. The molecule has 1 aromatic heterocycles. The first-order chi connectivity index (χ1) is 8.72. The molecule has 3 nitrogen and oxygen atoms in total. The molecule has 1 fully saturated rings. The van der Waals surface area contributed by atoms with E-state index in [4.69, 9.17) is 17.3 Å². The molecule has 1 heterocycles. The van der Waals surface area contributed by atoms with Crippen LogP contribution in [-0.4, -0.2) is 11.0 Å². The SMILES string of the molecule is N[C@@H]1C[C@H]1c1ccc(Nc2ccc(Cl)cc2)nc1. The molecular weight excluding hydrogens is 246 g/mol. The predicted octanol–water partition coefficient (Wildman–Crippen LogP) is 3.29. The molecule has 0 amide bonds. The van der Waals surface area contributed by atoms with E-state index in [-0.39, 0.29) is 0 Å². The third-order valence-electron chi connectivity index (χ3n) is 3.17. The lowest BCUT2D eigenvalue weighted by Gasteiger charge is -2.06. The van der Waals surface area contributed by atoms with Crippen LogP contribution in [0.2, 0.25) is 5.02 Å². The van der Waals surface area contributed by atoms with E-state index in [0.717, 1.165) is 22.9 Å². The summed E-state index contributed by atoms with van der Waals surface area (Å²) >= 11 is 5.84. The highest BCUT2D eigenvalue weighted by atomic mass is 35.5. The summed E-state index contributed by atoms with van der Waals surface area (Å²) in [4.78, 5) is 4.39. The van der Waals surface area contributed by atoms with Gasteiger partial charge in [0.15, 0.2) is 0 Å². The average Bonchev–Trinajstić information content (AvgIpc) is 3.10. The van der Waals surface area contributed by atoms with Gasteiger partial charge in [0.2, 0.25) is 0 Å². The standard InChI is InChI=1S/C14H14ClN3/c15-10-2-4-11(5-3-10)18-14-6-1-9(8-17-14)12-7-13(12)16/h1-6,8,12-13H,7,16H2,(H,17,18)/t12-,13+/m0/s1. The zero-order chi connectivity index (χ0) is 12.5. The van der Waals surface area contributed by atoms with E-state index < -0.39 is 0 Å². The van der Waals surface area contributed by atoms with E-state index in [1.54, 1.807) is 0 Å². The summed E-state index contributed by atoms with van der Waals surface area (Å²) in [6, 6.07) is 11.9. The maximum Gasteiger partial charge on any atom is 0.130 e. The van der Waals surface area contributed by atoms with E-state index in [1.807, 2.05) is 36.5 Å². The molecule has 0 unspecified atom stereocenters. The molecule has 92 valence electrons. The van der Waals surface area contributed by atoms with Crippen molar-refractivity contribution >= 4 is 23.1 Å². The Balaban J connectivity index is 1.71. The summed E-state index contributed by atoms with van der Waals surface area (Å²) in [5, 5.41) is 3.96. The zero-order valence-corrected chi connectivity index (χ0v) is 10.6. The normalized spacial score (nSPS) is 21.7. The Bertz CT molecular complexity index is 536. The van der Waals surface area contributed by atoms with E-state index in [2.05, 4.69) is 16.4 Å². The highest BCUT2D eigenvalue weighted by molar-refractivity contribution is 6.30. The minimum absolute atomic E-state index is 0.321. The third kappa shape index (κ3) is 2.47. The smallest absolute Gasteiger partial charge is 0.130 e. The van der Waals surface area contributed by atoms with Crippen LogP contribution < -0.4 is 11.1 Å². The first-order valence-corrected chi connectivity index (χ1v) is 6.34. The number of hydrogen-bond acceptors (Lipinski definition) is 3. The molecule has 3 rings (SSSR count). The minimum Gasteiger partial charge on any atom is -0.340 e. The monoisotopic (exact) mass is 259 g/mol. The molecule has 1 saturated carbocycles. The number of halogens is 1. The van der Waals surface area contributed by atoms with Crippen LogP contribution in [0.15, 0.2) is 42.6 Å². The van der Waals surface area contributed by atoms with Crippen molar-refractivity contribution in [2.45, 2.75) is 18.4 Å². The Labute approximate surface area is 111 Å². The number of nitrogens with one attached hydrogen (secondary N) is 1. The summed E-state index contributed by atoms with van der Waals surface area (Å²) in [5.74, 6) is 1.33. The molecule has 18 heavy (non-hydrogen) atoms. The van der Waals surface area contributed by atoms with E-state index in [9.17, 15) is 0 Å². The zero-order valence-electron chi connectivity index (χ0n) is 9.81. The predicted molar refractivity (Wildman–Crippen MR) is 74.3 cm³/mol. The number of aromatic nitrogens is 1. The van der Waals surface area contributed by atoms with Gasteiger partial charge in [0, 0.05) is 28.9 Å². The lowest BCUT2D eigenvalue weighted by molar-refractivity contribution is 0.981. The van der Waals surface area contributed by atoms with Gasteiger partial charge < -0.3 is 11.1 Å². The van der Waals surface area contributed by atoms with Crippen LogP contribution in [-0.2, 0) is 0 Å². The molecule has 0 radical (unpaired) electrons. The maximum atomic E-state index is 5.84. The second kappa shape index (κ2) is 4.59. The molecule has 1 aliphatic carbocycles. The molecule has 0 saturated heterocycles. The van der Waals surface area contributed by atoms with Gasteiger partial charge in [-0.25, -0.2) is 4.98 Å². The second-order valence-electron chi connectivity index (χ2n) is 4.61. The molecule has 1 aromatic carbocycles. The molecule has 0 aliphatic heterocycles. The van der Waals surface area contributed by atoms with Gasteiger partial charge in [-0.15, -0.1) is 0 Å². The highest BCUT2D eigenvalue weighted by Crippen LogP contribution is 2.38. The Kier molecular flexibility index (Phi) is 2.94. The van der Waals surface area contributed by atoms with Crippen molar-refractivity contribution in [2.24, 2.45) is 5.73 Å². The summed E-state index contributed by atoms with van der Waals surface area (Å²) < 4.78 is 0. The number of anilines is 2. The van der Waals surface area contributed by atoms with Crippen LogP contribution in [0, 0.1) is 0 Å². The Hall–Kier alpha value is -1.58. The van der Waals surface area contributed by atoms with Crippen molar-refractivity contribution in [1.29, 1.82) is 0 Å². The topological polar surface area (TPSA) is 50.9 Å². The Morgan fingerprint density at radius 3 is 2.44 bits per heavy atom. The first-order valence-electron chi connectivity index (χ1n) is 5.96. The summed E-state index contributed by atoms with van der Waals surface area (Å²) in [7, 11) is 0. The molecule has 1 aliphatic rings. The van der Waals surface area contributed by atoms with Crippen LogP contribution in [0.1, 0.15) is 17.9 Å². The lowest BCUT2D eigenvalue weighted by Crippen LogP contribution is -2.01. The van der Waals surface area contributed by atoms with Crippen molar-refractivity contribution in [2.75, 3.05) is 5.32 Å². The fourth-order valence-electron chi connectivity index (χ4n) is 1.98. The van der Waals surface area contributed by atoms with Gasteiger partial charge in [-0.2, -0.15) is 0 Å². The number of hydrogen-bond donors (Lipinski definition) is 2. The molecule has 3 N–H and O–H groups in total. The molecular formula is C14H14ClN3. The number of nitrogens with zero attached hydrogens (tertiary/aromatic N) is 1. The Morgan fingerprint density at radius 1 is 1.17 bits per heavy atom. The highest BCUT2D eigenvalue weighted by Gasteiger charge is 2.34. The molecule has 2 atom stereocenters. The third-order valence-corrected chi connectivity index (χ3v) is 3.42. The van der Waals surface area contributed by atoms with Crippen LogP contribution in [0.25, 0.3) is 0 Å². The van der Waals surface area contributed by atoms with Crippen LogP contribution >= 0.6 is 11.6 Å². The van der Waals surface area contributed by atoms with E-state index in [0.29, 0.717) is 12.0 Å². The van der Waals surface area contributed by atoms with Crippen LogP contribution in [0.5, 0.6) is 0 Å². The van der Waals surface area contributed by atoms with Gasteiger partial charge in [0.1, 0.15) is 5.82 Å². The fraction of sp³-hybridized carbons (Fsp3) is 0.214. The van der Waals surface area contributed by atoms with Gasteiger partial charge in [0.25, 0.3) is 0 Å². The van der Waals surface area contributed by atoms with E-state index in [1.165, 1.54) is 5.56 Å². The van der Waals surface area contributed by atoms with Gasteiger partial charge >= 0.3 is 0 Å².